The molecule has 0 amide bonds. The predicted octanol–water partition coefficient (Wildman–Crippen LogP) is 0.596. The van der Waals surface area contributed by atoms with Gasteiger partial charge in [-0.3, -0.25) is 4.21 Å². The average molecular weight is 363 g/mol. The SMILES string of the molecule is CC(C)CN(C)c1ccccc1CS(=O)c1nc2ccccc2[n-]1.[Na+]. The zero-order valence-corrected chi connectivity index (χ0v) is 18.1. The van der Waals surface area contributed by atoms with Gasteiger partial charge in [0, 0.05) is 35.2 Å². The van der Waals surface area contributed by atoms with E-state index in [1.807, 2.05) is 42.5 Å². The number of nitrogens with zero attached hydrogens (tertiary/aromatic N) is 3. The maximum atomic E-state index is 12.7. The maximum Gasteiger partial charge on any atom is 1.00 e. The van der Waals surface area contributed by atoms with E-state index in [1.165, 1.54) is 0 Å². The van der Waals surface area contributed by atoms with Crippen molar-refractivity contribution in [1.29, 1.82) is 0 Å². The summed E-state index contributed by atoms with van der Waals surface area (Å²) in [4.78, 5) is 11.0. The molecular formula is C19H22N3NaOS. The van der Waals surface area contributed by atoms with Crippen LogP contribution in [0.2, 0.25) is 0 Å². The summed E-state index contributed by atoms with van der Waals surface area (Å²) in [5.74, 6) is 0.992. The second-order valence-corrected chi connectivity index (χ2v) is 7.73. The van der Waals surface area contributed by atoms with E-state index in [0.29, 0.717) is 16.8 Å². The van der Waals surface area contributed by atoms with Crippen LogP contribution in [-0.4, -0.2) is 22.8 Å². The molecule has 3 rings (SSSR count). The van der Waals surface area contributed by atoms with Gasteiger partial charge in [-0.2, -0.15) is 0 Å². The Bertz CT molecular complexity index is 830. The maximum absolute atomic E-state index is 12.7. The van der Waals surface area contributed by atoms with E-state index in [4.69, 9.17) is 0 Å². The molecule has 1 heterocycles. The Labute approximate surface area is 173 Å². The van der Waals surface area contributed by atoms with Gasteiger partial charge in [0.2, 0.25) is 0 Å². The van der Waals surface area contributed by atoms with Gasteiger partial charge in [-0.1, -0.05) is 56.3 Å². The van der Waals surface area contributed by atoms with Crippen molar-refractivity contribution in [2.45, 2.75) is 24.8 Å². The third-order valence-electron chi connectivity index (χ3n) is 3.85. The summed E-state index contributed by atoms with van der Waals surface area (Å²) in [5.41, 5.74) is 3.78. The third-order valence-corrected chi connectivity index (χ3v) is 5.01. The van der Waals surface area contributed by atoms with Crippen molar-refractivity contribution in [3.8, 4) is 0 Å². The number of para-hydroxylation sites is 3. The molecule has 1 aromatic heterocycles. The van der Waals surface area contributed by atoms with Crippen LogP contribution in [0, 0.1) is 5.92 Å². The molecule has 4 nitrogen and oxygen atoms in total. The summed E-state index contributed by atoms with van der Waals surface area (Å²) < 4.78 is 12.7. The first-order valence-electron chi connectivity index (χ1n) is 8.11. The van der Waals surface area contributed by atoms with E-state index in [9.17, 15) is 4.21 Å². The van der Waals surface area contributed by atoms with Crippen molar-refractivity contribution in [3.05, 3.63) is 54.1 Å². The van der Waals surface area contributed by atoms with Gasteiger partial charge in [0.1, 0.15) is 0 Å². The van der Waals surface area contributed by atoms with Crippen LogP contribution < -0.4 is 39.4 Å². The summed E-state index contributed by atoms with van der Waals surface area (Å²) >= 11 is 0. The Hall–Kier alpha value is -1.14. The molecule has 0 saturated carbocycles. The van der Waals surface area contributed by atoms with Crippen LogP contribution in [0.4, 0.5) is 5.69 Å². The normalized spacial score (nSPS) is 12.2. The second-order valence-electron chi connectivity index (χ2n) is 6.39. The van der Waals surface area contributed by atoms with Gasteiger partial charge < -0.3 is 14.9 Å². The molecule has 25 heavy (non-hydrogen) atoms. The summed E-state index contributed by atoms with van der Waals surface area (Å²) in [7, 11) is 0.823. The molecule has 0 aliphatic heterocycles. The fourth-order valence-electron chi connectivity index (χ4n) is 2.84. The van der Waals surface area contributed by atoms with Crippen molar-refractivity contribution in [3.63, 3.8) is 0 Å². The van der Waals surface area contributed by atoms with Gasteiger partial charge in [-0.05, 0) is 28.6 Å². The molecule has 0 N–H and O–H groups in total. The number of rotatable bonds is 6. The molecule has 0 spiro atoms. The number of aromatic nitrogens is 2. The van der Waals surface area contributed by atoms with Crippen molar-refractivity contribution in [2.24, 2.45) is 5.92 Å². The fourth-order valence-corrected chi connectivity index (χ4v) is 3.90. The van der Waals surface area contributed by atoms with Crippen LogP contribution in [0.1, 0.15) is 19.4 Å². The Kier molecular flexibility index (Phi) is 7.25. The van der Waals surface area contributed by atoms with Crippen molar-refractivity contribution >= 4 is 27.5 Å². The Balaban J connectivity index is 0.00000225. The van der Waals surface area contributed by atoms with E-state index < -0.39 is 10.8 Å². The molecule has 0 fully saturated rings. The zero-order valence-electron chi connectivity index (χ0n) is 15.3. The summed E-state index contributed by atoms with van der Waals surface area (Å²) in [6.07, 6.45) is 0. The molecule has 1 unspecified atom stereocenters. The van der Waals surface area contributed by atoms with Crippen molar-refractivity contribution in [1.82, 2.24) is 9.97 Å². The Morgan fingerprint density at radius 2 is 1.80 bits per heavy atom. The second kappa shape index (κ2) is 8.99. The molecular weight excluding hydrogens is 341 g/mol. The third kappa shape index (κ3) is 4.94. The Morgan fingerprint density at radius 3 is 2.52 bits per heavy atom. The molecule has 0 bridgehead atoms. The number of imidazole rings is 1. The standard InChI is InChI=1S/C19H22N3OS.Na/c1-14(2)12-22(3)18-11-7-4-8-15(18)13-24(23)19-20-16-9-5-6-10-17(16)21-19;/h4-11,14H,12-13H2,1-3H3;/q-1;+1. The van der Waals surface area contributed by atoms with Crippen molar-refractivity contribution in [2.75, 3.05) is 18.5 Å². The zero-order chi connectivity index (χ0) is 17.1. The number of anilines is 1. The summed E-state index contributed by atoms with van der Waals surface area (Å²) in [6.45, 7) is 5.35. The van der Waals surface area contributed by atoms with E-state index in [-0.39, 0.29) is 29.6 Å². The first kappa shape index (κ1) is 20.2. The quantitative estimate of drug-likeness (QED) is 0.602. The number of hydrogen-bond donors (Lipinski definition) is 0. The molecule has 1 atom stereocenters. The minimum absolute atomic E-state index is 0. The Morgan fingerprint density at radius 1 is 1.12 bits per heavy atom. The molecule has 126 valence electrons. The molecule has 2 aromatic carbocycles. The molecule has 6 heteroatoms. The minimum atomic E-state index is -1.26. The summed E-state index contributed by atoms with van der Waals surface area (Å²) in [5, 5.41) is 0.414. The largest absolute Gasteiger partial charge is 1.00 e. The van der Waals surface area contributed by atoms with E-state index in [2.05, 4.69) is 41.8 Å². The summed E-state index contributed by atoms with van der Waals surface area (Å²) in [6, 6.07) is 15.7. The predicted molar refractivity (Wildman–Crippen MR) is 99.7 cm³/mol. The van der Waals surface area contributed by atoms with Gasteiger partial charge in [0.15, 0.2) is 0 Å². The van der Waals surface area contributed by atoms with E-state index in [0.717, 1.165) is 28.8 Å². The number of hydrogen-bond acceptors (Lipinski definition) is 3. The molecule has 3 aromatic rings. The van der Waals surface area contributed by atoms with Crippen LogP contribution in [0.5, 0.6) is 0 Å². The van der Waals surface area contributed by atoms with Crippen LogP contribution in [0.3, 0.4) is 0 Å². The minimum Gasteiger partial charge on any atom is -0.428 e. The van der Waals surface area contributed by atoms with E-state index >= 15 is 0 Å². The van der Waals surface area contributed by atoms with Crippen LogP contribution in [0.25, 0.3) is 11.0 Å². The van der Waals surface area contributed by atoms with Crippen LogP contribution in [0.15, 0.2) is 53.7 Å². The van der Waals surface area contributed by atoms with Gasteiger partial charge in [0.05, 0.1) is 5.75 Å². The smallest absolute Gasteiger partial charge is 0.428 e. The van der Waals surface area contributed by atoms with Crippen molar-refractivity contribution < 1.29 is 33.8 Å². The molecule has 0 saturated heterocycles. The number of benzene rings is 2. The molecule has 0 aliphatic rings. The van der Waals surface area contributed by atoms with E-state index in [1.54, 1.807) is 0 Å². The van der Waals surface area contributed by atoms with Gasteiger partial charge >= 0.3 is 29.6 Å². The van der Waals surface area contributed by atoms with Gasteiger partial charge in [-0.15, -0.1) is 0 Å². The fraction of sp³-hybridized carbons (Fsp3) is 0.316. The van der Waals surface area contributed by atoms with Crippen LogP contribution in [-0.2, 0) is 16.6 Å². The number of fused-ring (bicyclic) bond motifs is 1. The molecule has 0 radical (unpaired) electrons. The van der Waals surface area contributed by atoms with Gasteiger partial charge in [-0.25, -0.2) is 0 Å². The first-order chi connectivity index (χ1) is 11.5. The molecule has 0 aliphatic carbocycles. The van der Waals surface area contributed by atoms with Crippen LogP contribution >= 0.6 is 0 Å². The topological polar surface area (TPSA) is 47.3 Å². The average Bonchev–Trinajstić information content (AvgIpc) is 2.99. The first-order valence-corrected chi connectivity index (χ1v) is 9.43. The van der Waals surface area contributed by atoms with Gasteiger partial charge in [0.25, 0.3) is 0 Å². The monoisotopic (exact) mass is 363 g/mol.